The molecule has 0 unspecified atom stereocenters. The first-order valence-corrected chi connectivity index (χ1v) is 7.40. The second-order valence-electron chi connectivity index (χ2n) is 6.48. The van der Waals surface area contributed by atoms with Gasteiger partial charge in [0, 0.05) is 12.7 Å². The van der Waals surface area contributed by atoms with E-state index in [2.05, 4.69) is 44.2 Å². The lowest BCUT2D eigenvalue weighted by molar-refractivity contribution is 0.406. The molecule has 0 aromatic carbocycles. The van der Waals surface area contributed by atoms with Crippen LogP contribution in [0.3, 0.4) is 0 Å². The molecule has 18 heavy (non-hydrogen) atoms. The van der Waals surface area contributed by atoms with Crippen LogP contribution in [0.25, 0.3) is 0 Å². The number of aromatic nitrogens is 3. The van der Waals surface area contributed by atoms with E-state index in [0.29, 0.717) is 5.41 Å². The number of hydrogen-bond donors (Lipinski definition) is 0. The fourth-order valence-electron chi connectivity index (χ4n) is 2.13. The highest BCUT2D eigenvalue weighted by Crippen LogP contribution is 2.18. The zero-order valence-corrected chi connectivity index (χ0v) is 12.6. The maximum Gasteiger partial charge on any atom is 0.0832 e. The number of rotatable bonds is 8. The lowest BCUT2D eigenvalue weighted by Gasteiger charge is -2.15. The van der Waals surface area contributed by atoms with E-state index in [1.807, 2.05) is 4.68 Å². The molecule has 0 saturated heterocycles. The Morgan fingerprint density at radius 3 is 2.39 bits per heavy atom. The third kappa shape index (κ3) is 6.77. The molecule has 0 fully saturated rings. The van der Waals surface area contributed by atoms with Crippen molar-refractivity contribution in [2.45, 2.75) is 79.2 Å². The van der Waals surface area contributed by atoms with E-state index >= 15 is 0 Å². The molecular weight excluding hydrogens is 222 g/mol. The summed E-state index contributed by atoms with van der Waals surface area (Å²) in [6.45, 7) is 9.98. The van der Waals surface area contributed by atoms with Gasteiger partial charge >= 0.3 is 0 Å². The van der Waals surface area contributed by atoms with Crippen LogP contribution in [-0.2, 0) is 13.0 Å². The van der Waals surface area contributed by atoms with Crippen molar-refractivity contribution in [3.05, 3.63) is 11.9 Å². The summed E-state index contributed by atoms with van der Waals surface area (Å²) in [6.07, 6.45) is 11.1. The van der Waals surface area contributed by atoms with Gasteiger partial charge in [-0.3, -0.25) is 4.68 Å². The molecule has 0 N–H and O–H groups in total. The Morgan fingerprint density at radius 2 is 1.72 bits per heavy atom. The average Bonchev–Trinajstić information content (AvgIpc) is 2.68. The quantitative estimate of drug-likeness (QED) is 0.647. The molecule has 0 aliphatic heterocycles. The monoisotopic (exact) mass is 251 g/mol. The van der Waals surface area contributed by atoms with Gasteiger partial charge in [-0.25, -0.2) is 0 Å². The molecule has 1 heterocycles. The van der Waals surface area contributed by atoms with Crippen molar-refractivity contribution >= 4 is 0 Å². The molecule has 104 valence electrons. The van der Waals surface area contributed by atoms with Gasteiger partial charge in [-0.2, -0.15) is 0 Å². The largest absolute Gasteiger partial charge is 0.252 e. The lowest BCUT2D eigenvalue weighted by atomic mass is 9.91. The van der Waals surface area contributed by atoms with Gasteiger partial charge in [-0.1, -0.05) is 65.0 Å². The fraction of sp³-hybridized carbons (Fsp3) is 0.867. The highest BCUT2D eigenvalue weighted by molar-refractivity contribution is 4.95. The van der Waals surface area contributed by atoms with Gasteiger partial charge in [0.2, 0.25) is 0 Å². The van der Waals surface area contributed by atoms with E-state index in [1.54, 1.807) is 0 Å². The van der Waals surface area contributed by atoms with Gasteiger partial charge in [-0.05, 0) is 18.3 Å². The normalized spacial score (nSPS) is 12.0. The van der Waals surface area contributed by atoms with Gasteiger partial charge in [0.25, 0.3) is 0 Å². The van der Waals surface area contributed by atoms with Crippen LogP contribution in [0.15, 0.2) is 6.20 Å². The number of nitrogens with zero attached hydrogens (tertiary/aromatic N) is 3. The molecule has 3 heteroatoms. The molecule has 1 aromatic rings. The van der Waals surface area contributed by atoms with Crippen LogP contribution in [0.5, 0.6) is 0 Å². The summed E-state index contributed by atoms with van der Waals surface area (Å²) in [7, 11) is 0. The predicted molar refractivity (Wildman–Crippen MR) is 76.6 cm³/mol. The summed E-state index contributed by atoms with van der Waals surface area (Å²) in [4.78, 5) is 0. The summed E-state index contributed by atoms with van der Waals surface area (Å²) in [5.41, 5.74) is 1.41. The second-order valence-corrected chi connectivity index (χ2v) is 6.48. The highest BCUT2D eigenvalue weighted by Gasteiger charge is 2.13. The van der Waals surface area contributed by atoms with Gasteiger partial charge in [0.05, 0.1) is 5.69 Å². The van der Waals surface area contributed by atoms with E-state index in [-0.39, 0.29) is 0 Å². The molecule has 1 rings (SSSR count). The highest BCUT2D eigenvalue weighted by atomic mass is 15.4. The SMILES string of the molecule is CCCCCCCCn1cc(CC(C)(C)C)nn1. The van der Waals surface area contributed by atoms with Crippen LogP contribution in [-0.4, -0.2) is 15.0 Å². The van der Waals surface area contributed by atoms with E-state index in [0.717, 1.165) is 18.7 Å². The minimum Gasteiger partial charge on any atom is -0.252 e. The Labute approximate surface area is 112 Å². The summed E-state index contributed by atoms with van der Waals surface area (Å²) < 4.78 is 2.00. The van der Waals surface area contributed by atoms with Gasteiger partial charge in [0.15, 0.2) is 0 Å². The Kier molecular flexibility index (Phi) is 6.37. The Hall–Kier alpha value is -0.860. The van der Waals surface area contributed by atoms with Crippen molar-refractivity contribution in [1.29, 1.82) is 0 Å². The second kappa shape index (κ2) is 7.55. The first-order valence-electron chi connectivity index (χ1n) is 7.40. The van der Waals surface area contributed by atoms with Crippen molar-refractivity contribution in [2.75, 3.05) is 0 Å². The third-order valence-electron chi connectivity index (χ3n) is 3.04. The van der Waals surface area contributed by atoms with Crippen molar-refractivity contribution in [3.63, 3.8) is 0 Å². The maximum atomic E-state index is 4.24. The summed E-state index contributed by atoms with van der Waals surface area (Å²) >= 11 is 0. The zero-order valence-electron chi connectivity index (χ0n) is 12.6. The Balaban J connectivity index is 2.19. The lowest BCUT2D eigenvalue weighted by Crippen LogP contribution is -2.09. The predicted octanol–water partition coefficient (Wildman–Crippen LogP) is 4.23. The molecule has 0 saturated carbocycles. The number of hydrogen-bond acceptors (Lipinski definition) is 2. The molecule has 0 aliphatic rings. The maximum absolute atomic E-state index is 4.24. The minimum atomic E-state index is 0.293. The summed E-state index contributed by atoms with van der Waals surface area (Å²) in [5, 5.41) is 8.44. The van der Waals surface area contributed by atoms with Gasteiger partial charge in [-0.15, -0.1) is 5.10 Å². The first kappa shape index (κ1) is 15.2. The number of unbranched alkanes of at least 4 members (excludes halogenated alkanes) is 5. The smallest absolute Gasteiger partial charge is 0.0832 e. The molecule has 0 spiro atoms. The van der Waals surface area contributed by atoms with Gasteiger partial charge < -0.3 is 0 Å². The third-order valence-corrected chi connectivity index (χ3v) is 3.04. The van der Waals surface area contributed by atoms with E-state index in [9.17, 15) is 0 Å². The van der Waals surface area contributed by atoms with Crippen LogP contribution in [0, 0.1) is 5.41 Å². The molecule has 0 aliphatic carbocycles. The topological polar surface area (TPSA) is 30.7 Å². The molecule has 0 radical (unpaired) electrons. The molecule has 3 nitrogen and oxygen atoms in total. The van der Waals surface area contributed by atoms with Crippen molar-refractivity contribution in [1.82, 2.24) is 15.0 Å². The minimum absolute atomic E-state index is 0.293. The summed E-state index contributed by atoms with van der Waals surface area (Å²) in [5.74, 6) is 0. The number of aryl methyl sites for hydroxylation is 1. The first-order chi connectivity index (χ1) is 8.51. The van der Waals surface area contributed by atoms with Crippen molar-refractivity contribution < 1.29 is 0 Å². The van der Waals surface area contributed by atoms with Crippen LogP contribution < -0.4 is 0 Å². The van der Waals surface area contributed by atoms with Gasteiger partial charge in [0.1, 0.15) is 0 Å². The molecular formula is C15H29N3. The van der Waals surface area contributed by atoms with Crippen LogP contribution in [0.4, 0.5) is 0 Å². The molecule has 0 bridgehead atoms. The fourth-order valence-corrected chi connectivity index (χ4v) is 2.13. The van der Waals surface area contributed by atoms with Crippen molar-refractivity contribution in [3.8, 4) is 0 Å². The van der Waals surface area contributed by atoms with Crippen molar-refractivity contribution in [2.24, 2.45) is 5.41 Å². The van der Waals surface area contributed by atoms with Crippen LogP contribution >= 0.6 is 0 Å². The molecule has 0 amide bonds. The van der Waals surface area contributed by atoms with Crippen LogP contribution in [0.1, 0.15) is 71.9 Å². The van der Waals surface area contributed by atoms with Crippen LogP contribution in [0.2, 0.25) is 0 Å². The Bertz CT molecular complexity index is 323. The molecule has 0 atom stereocenters. The Morgan fingerprint density at radius 1 is 1.06 bits per heavy atom. The zero-order chi connectivity index (χ0) is 13.4. The molecule has 1 aromatic heterocycles. The standard InChI is InChI=1S/C15H29N3/c1-5-6-7-8-9-10-11-18-13-14(16-17-18)12-15(2,3)4/h13H,5-12H2,1-4H3. The van der Waals surface area contributed by atoms with E-state index in [4.69, 9.17) is 0 Å². The average molecular weight is 251 g/mol. The van der Waals surface area contributed by atoms with E-state index < -0.39 is 0 Å². The summed E-state index contributed by atoms with van der Waals surface area (Å²) in [6, 6.07) is 0. The van der Waals surface area contributed by atoms with E-state index in [1.165, 1.54) is 38.5 Å².